The summed E-state index contributed by atoms with van der Waals surface area (Å²) in [4.78, 5) is 0. The van der Waals surface area contributed by atoms with Gasteiger partial charge in [0.15, 0.2) is 0 Å². The van der Waals surface area contributed by atoms with Crippen molar-refractivity contribution in [2.75, 3.05) is 0 Å². The number of rotatable bonds is 0. The molecule has 0 saturated heterocycles. The summed E-state index contributed by atoms with van der Waals surface area (Å²) in [5, 5.41) is 9.39. The van der Waals surface area contributed by atoms with Crippen LogP contribution >= 0.6 is 0 Å². The van der Waals surface area contributed by atoms with E-state index in [0.717, 1.165) is 0 Å². The van der Waals surface area contributed by atoms with Crippen molar-refractivity contribution in [2.24, 2.45) is 0 Å². The number of benzene rings is 1. The monoisotopic (exact) mass is 164 g/mol. The van der Waals surface area contributed by atoms with Crippen LogP contribution in [0.15, 0.2) is 30.7 Å². The molecule has 1 N–H and O–H groups in total. The smallest absolute Gasteiger partial charge is 0.137 e. The fraction of sp³-hybridized carbons (Fsp3) is 0.111. The van der Waals surface area contributed by atoms with Crippen LogP contribution in [0.3, 0.4) is 0 Å². The molecule has 1 aliphatic heterocycles. The average Bonchev–Trinajstić information content (AvgIpc) is 2.30. The number of hydrogen-bond donors (Lipinski definition) is 1. The van der Waals surface area contributed by atoms with Crippen LogP contribution in [0, 0.1) is 0 Å². The first-order chi connectivity index (χ1) is 5.88. The molecule has 1 aliphatic rings. The lowest BCUT2D eigenvalue weighted by atomic mass is 10.2. The van der Waals surface area contributed by atoms with Gasteiger partial charge in [0.1, 0.15) is 30.6 Å². The zero-order valence-electron chi connectivity index (χ0n) is 6.36. The molecule has 0 saturated carbocycles. The fourth-order valence-corrected chi connectivity index (χ4v) is 1.08. The van der Waals surface area contributed by atoms with Crippen LogP contribution in [0.5, 0.6) is 11.5 Å². The van der Waals surface area contributed by atoms with E-state index in [0.29, 0.717) is 17.9 Å². The molecule has 3 nitrogen and oxygen atoms in total. The van der Waals surface area contributed by atoms with Gasteiger partial charge in [-0.15, -0.1) is 0 Å². The molecular weight excluding hydrogens is 156 g/mol. The predicted molar refractivity (Wildman–Crippen MR) is 42.7 cm³/mol. The minimum Gasteiger partial charge on any atom is -0.507 e. The highest BCUT2D eigenvalue weighted by Gasteiger charge is 2.09. The van der Waals surface area contributed by atoms with Gasteiger partial charge in [-0.1, -0.05) is 6.07 Å². The zero-order chi connectivity index (χ0) is 8.39. The number of hydrogen-bond acceptors (Lipinski definition) is 3. The summed E-state index contributed by atoms with van der Waals surface area (Å²) in [6, 6.07) is 5.12. The van der Waals surface area contributed by atoms with Crippen molar-refractivity contribution < 1.29 is 14.6 Å². The standard InChI is InChI=1S/C9H8O3/c10-8-2-1-3-9-7(8)6-11-4-5-12-9/h1-5,10H,6H2. The number of phenols is 1. The van der Waals surface area contributed by atoms with Gasteiger partial charge in [0.2, 0.25) is 0 Å². The SMILES string of the molecule is Oc1cccc2c1COC=CO2. The molecule has 0 bridgehead atoms. The number of ether oxygens (including phenoxy) is 2. The Morgan fingerprint density at radius 2 is 2.17 bits per heavy atom. The van der Waals surface area contributed by atoms with E-state index in [4.69, 9.17) is 9.47 Å². The van der Waals surface area contributed by atoms with Gasteiger partial charge in [0.25, 0.3) is 0 Å². The van der Waals surface area contributed by atoms with Crippen molar-refractivity contribution >= 4 is 0 Å². The Labute approximate surface area is 69.9 Å². The maximum absolute atomic E-state index is 9.39. The summed E-state index contributed by atoms with van der Waals surface area (Å²) in [7, 11) is 0. The summed E-state index contributed by atoms with van der Waals surface area (Å²) < 4.78 is 10.2. The van der Waals surface area contributed by atoms with E-state index in [1.54, 1.807) is 18.2 Å². The maximum atomic E-state index is 9.39. The van der Waals surface area contributed by atoms with E-state index in [1.165, 1.54) is 12.5 Å². The van der Waals surface area contributed by atoms with Gasteiger partial charge in [-0.3, -0.25) is 0 Å². The summed E-state index contributed by atoms with van der Waals surface area (Å²) in [6.45, 7) is 0.346. The molecule has 1 heterocycles. The first-order valence-corrected chi connectivity index (χ1v) is 3.62. The normalized spacial score (nSPS) is 14.0. The summed E-state index contributed by atoms with van der Waals surface area (Å²) in [6.07, 6.45) is 2.91. The van der Waals surface area contributed by atoms with Crippen molar-refractivity contribution in [1.82, 2.24) is 0 Å². The van der Waals surface area contributed by atoms with E-state index in [9.17, 15) is 5.11 Å². The van der Waals surface area contributed by atoms with Crippen molar-refractivity contribution in [1.29, 1.82) is 0 Å². The molecule has 62 valence electrons. The van der Waals surface area contributed by atoms with Gasteiger partial charge in [0, 0.05) is 0 Å². The second-order valence-corrected chi connectivity index (χ2v) is 2.45. The topological polar surface area (TPSA) is 38.7 Å². The largest absolute Gasteiger partial charge is 0.507 e. The Morgan fingerprint density at radius 3 is 3.08 bits per heavy atom. The Hall–Kier alpha value is -1.64. The highest BCUT2D eigenvalue weighted by molar-refractivity contribution is 5.44. The number of aromatic hydroxyl groups is 1. The Kier molecular flexibility index (Phi) is 1.63. The molecule has 0 atom stereocenters. The molecule has 0 aliphatic carbocycles. The highest BCUT2D eigenvalue weighted by atomic mass is 16.5. The lowest BCUT2D eigenvalue weighted by Crippen LogP contribution is -1.88. The minimum atomic E-state index is 0.205. The quantitative estimate of drug-likeness (QED) is 0.635. The molecule has 1 aromatic rings. The lowest BCUT2D eigenvalue weighted by molar-refractivity contribution is 0.233. The van der Waals surface area contributed by atoms with Crippen molar-refractivity contribution in [3.8, 4) is 11.5 Å². The average molecular weight is 164 g/mol. The molecule has 0 amide bonds. The van der Waals surface area contributed by atoms with Gasteiger partial charge >= 0.3 is 0 Å². The molecule has 3 heteroatoms. The highest BCUT2D eigenvalue weighted by Crippen LogP contribution is 2.29. The first kappa shape index (κ1) is 7.03. The van der Waals surface area contributed by atoms with Crippen LogP contribution in [0.4, 0.5) is 0 Å². The van der Waals surface area contributed by atoms with Crippen molar-refractivity contribution in [3.05, 3.63) is 36.3 Å². The number of fused-ring (bicyclic) bond motifs is 1. The lowest BCUT2D eigenvalue weighted by Gasteiger charge is -2.05. The molecular formula is C9H8O3. The molecule has 0 aromatic heterocycles. The third-order valence-corrected chi connectivity index (χ3v) is 1.68. The third-order valence-electron chi connectivity index (χ3n) is 1.68. The Balaban J connectivity index is 2.47. The first-order valence-electron chi connectivity index (χ1n) is 3.62. The summed E-state index contributed by atoms with van der Waals surface area (Å²) >= 11 is 0. The predicted octanol–water partition coefficient (Wildman–Crippen LogP) is 1.77. The van der Waals surface area contributed by atoms with Crippen molar-refractivity contribution in [2.45, 2.75) is 6.61 Å². The summed E-state index contributed by atoms with van der Waals surface area (Å²) in [5.74, 6) is 0.847. The van der Waals surface area contributed by atoms with Crippen LogP contribution in [-0.2, 0) is 11.3 Å². The van der Waals surface area contributed by atoms with Crippen LogP contribution in [0.1, 0.15) is 5.56 Å². The maximum Gasteiger partial charge on any atom is 0.137 e. The van der Waals surface area contributed by atoms with Gasteiger partial charge in [0.05, 0.1) is 5.56 Å². The van der Waals surface area contributed by atoms with E-state index in [-0.39, 0.29) is 5.75 Å². The van der Waals surface area contributed by atoms with Crippen LogP contribution < -0.4 is 4.74 Å². The van der Waals surface area contributed by atoms with Crippen LogP contribution in [0.2, 0.25) is 0 Å². The molecule has 2 rings (SSSR count). The Morgan fingerprint density at radius 1 is 1.25 bits per heavy atom. The second kappa shape index (κ2) is 2.77. The molecule has 0 spiro atoms. The molecule has 0 unspecified atom stereocenters. The summed E-state index contributed by atoms with van der Waals surface area (Å²) in [5.41, 5.74) is 0.683. The molecule has 12 heavy (non-hydrogen) atoms. The second-order valence-electron chi connectivity index (χ2n) is 2.45. The van der Waals surface area contributed by atoms with E-state index < -0.39 is 0 Å². The Bertz CT molecular complexity index is 318. The van der Waals surface area contributed by atoms with Gasteiger partial charge in [-0.2, -0.15) is 0 Å². The molecule has 1 aromatic carbocycles. The van der Waals surface area contributed by atoms with Crippen LogP contribution in [-0.4, -0.2) is 5.11 Å². The van der Waals surface area contributed by atoms with E-state index in [2.05, 4.69) is 0 Å². The van der Waals surface area contributed by atoms with E-state index >= 15 is 0 Å². The molecule has 0 fully saturated rings. The van der Waals surface area contributed by atoms with Crippen LogP contribution in [0.25, 0.3) is 0 Å². The number of phenolic OH excluding ortho intramolecular Hbond substituents is 1. The molecule has 0 radical (unpaired) electrons. The van der Waals surface area contributed by atoms with E-state index in [1.807, 2.05) is 0 Å². The van der Waals surface area contributed by atoms with Gasteiger partial charge in [-0.25, -0.2) is 0 Å². The van der Waals surface area contributed by atoms with Gasteiger partial charge < -0.3 is 14.6 Å². The fourth-order valence-electron chi connectivity index (χ4n) is 1.08. The third kappa shape index (κ3) is 1.09. The van der Waals surface area contributed by atoms with Crippen molar-refractivity contribution in [3.63, 3.8) is 0 Å². The van der Waals surface area contributed by atoms with Gasteiger partial charge in [-0.05, 0) is 12.1 Å². The minimum absolute atomic E-state index is 0.205. The zero-order valence-corrected chi connectivity index (χ0v) is 6.36.